The lowest BCUT2D eigenvalue weighted by Crippen LogP contribution is -2.40. The minimum absolute atomic E-state index is 0.0537. The van der Waals surface area contributed by atoms with Crippen LogP contribution in [0.2, 0.25) is 0 Å². The van der Waals surface area contributed by atoms with Crippen molar-refractivity contribution in [3.63, 3.8) is 0 Å². The lowest BCUT2D eigenvalue weighted by Gasteiger charge is -2.34. The van der Waals surface area contributed by atoms with E-state index >= 15 is 0 Å². The average molecular weight is 301 g/mol. The first-order valence-corrected chi connectivity index (χ1v) is 8.08. The Bertz CT molecular complexity index is 654. The lowest BCUT2D eigenvalue weighted by atomic mass is 9.99. The Hall–Kier alpha value is -2.04. The molecule has 0 saturated carbocycles. The Labute approximate surface area is 130 Å². The van der Waals surface area contributed by atoms with Crippen molar-refractivity contribution in [1.82, 2.24) is 14.6 Å². The Morgan fingerprint density at radius 2 is 2.18 bits per heavy atom. The molecule has 3 rings (SSSR count). The van der Waals surface area contributed by atoms with Gasteiger partial charge in [0.2, 0.25) is 5.76 Å². The number of carbonyl (C=O) groups is 1. The number of aromatic nitrogens is 2. The minimum atomic E-state index is -0.0651. The van der Waals surface area contributed by atoms with Crippen LogP contribution in [0.25, 0.3) is 0 Å². The highest BCUT2D eigenvalue weighted by atomic mass is 16.5. The SMILES string of the molecule is CCC(CC)c1cc(C(=O)N2CCn3cccc3[C@H]2C)on1. The summed E-state index contributed by atoms with van der Waals surface area (Å²) in [6, 6.07) is 5.97. The van der Waals surface area contributed by atoms with Crippen LogP contribution in [0.5, 0.6) is 0 Å². The molecule has 3 heterocycles. The van der Waals surface area contributed by atoms with Gasteiger partial charge in [-0.15, -0.1) is 0 Å². The van der Waals surface area contributed by atoms with Crippen LogP contribution < -0.4 is 0 Å². The Morgan fingerprint density at radius 1 is 1.41 bits per heavy atom. The van der Waals surface area contributed by atoms with Crippen molar-refractivity contribution in [2.45, 2.75) is 52.1 Å². The summed E-state index contributed by atoms with van der Waals surface area (Å²) in [6.45, 7) is 7.84. The summed E-state index contributed by atoms with van der Waals surface area (Å²) in [7, 11) is 0. The number of rotatable bonds is 4. The number of hydrogen-bond donors (Lipinski definition) is 0. The molecule has 0 unspecified atom stereocenters. The van der Waals surface area contributed by atoms with Crippen molar-refractivity contribution in [1.29, 1.82) is 0 Å². The third-order valence-electron chi connectivity index (χ3n) is 4.75. The van der Waals surface area contributed by atoms with Crippen molar-refractivity contribution >= 4 is 5.91 Å². The fourth-order valence-electron chi connectivity index (χ4n) is 3.29. The topological polar surface area (TPSA) is 51.3 Å². The molecular weight excluding hydrogens is 278 g/mol. The summed E-state index contributed by atoms with van der Waals surface area (Å²) in [4.78, 5) is 14.6. The lowest BCUT2D eigenvalue weighted by molar-refractivity contribution is 0.0601. The molecule has 5 nitrogen and oxygen atoms in total. The zero-order valence-electron chi connectivity index (χ0n) is 13.5. The predicted octanol–water partition coefficient (Wildman–Crippen LogP) is 3.60. The number of amides is 1. The first-order chi connectivity index (χ1) is 10.7. The number of carbonyl (C=O) groups excluding carboxylic acids is 1. The smallest absolute Gasteiger partial charge is 0.293 e. The van der Waals surface area contributed by atoms with Crippen molar-refractivity contribution in [2.75, 3.05) is 6.54 Å². The van der Waals surface area contributed by atoms with E-state index in [4.69, 9.17) is 4.52 Å². The van der Waals surface area contributed by atoms with Crippen molar-refractivity contribution in [2.24, 2.45) is 0 Å². The second-order valence-corrected chi connectivity index (χ2v) is 5.93. The van der Waals surface area contributed by atoms with Crippen LogP contribution in [0.1, 0.15) is 67.5 Å². The second-order valence-electron chi connectivity index (χ2n) is 5.93. The van der Waals surface area contributed by atoms with Gasteiger partial charge in [-0.3, -0.25) is 4.79 Å². The third-order valence-corrected chi connectivity index (χ3v) is 4.75. The molecule has 5 heteroatoms. The highest BCUT2D eigenvalue weighted by Crippen LogP contribution is 2.28. The molecule has 0 saturated heterocycles. The van der Waals surface area contributed by atoms with E-state index in [1.807, 2.05) is 17.0 Å². The molecule has 0 radical (unpaired) electrons. The van der Waals surface area contributed by atoms with Crippen LogP contribution in [-0.2, 0) is 6.54 Å². The van der Waals surface area contributed by atoms with Crippen molar-refractivity contribution in [3.05, 3.63) is 41.5 Å². The summed E-state index contributed by atoms with van der Waals surface area (Å²) >= 11 is 0. The summed E-state index contributed by atoms with van der Waals surface area (Å²) in [5, 5.41) is 4.11. The van der Waals surface area contributed by atoms with Gasteiger partial charge in [-0.2, -0.15) is 0 Å². The van der Waals surface area contributed by atoms with Gasteiger partial charge in [-0.05, 0) is 31.9 Å². The molecule has 2 aromatic rings. The van der Waals surface area contributed by atoms with E-state index in [0.29, 0.717) is 18.2 Å². The number of hydrogen-bond acceptors (Lipinski definition) is 3. The quantitative estimate of drug-likeness (QED) is 0.867. The fourth-order valence-corrected chi connectivity index (χ4v) is 3.29. The van der Waals surface area contributed by atoms with E-state index in [2.05, 4.69) is 42.8 Å². The molecule has 1 aliphatic rings. The van der Waals surface area contributed by atoms with Crippen LogP contribution in [0.3, 0.4) is 0 Å². The molecule has 0 N–H and O–H groups in total. The van der Waals surface area contributed by atoms with Gasteiger partial charge in [-0.1, -0.05) is 19.0 Å². The zero-order valence-corrected chi connectivity index (χ0v) is 13.5. The maximum absolute atomic E-state index is 12.7. The molecule has 1 aliphatic heterocycles. The van der Waals surface area contributed by atoms with Gasteiger partial charge in [0.1, 0.15) is 0 Å². The van der Waals surface area contributed by atoms with Crippen molar-refractivity contribution in [3.8, 4) is 0 Å². The standard InChI is InChI=1S/C17H23N3O2/c1-4-13(5-2)14-11-16(22-18-14)17(21)20-10-9-19-8-6-7-15(19)12(20)3/h6-8,11-13H,4-5,9-10H2,1-3H3/t12-/m1/s1. The van der Waals surface area contributed by atoms with Gasteiger partial charge < -0.3 is 14.0 Å². The summed E-state index contributed by atoms with van der Waals surface area (Å²) in [5.41, 5.74) is 2.06. The van der Waals surface area contributed by atoms with Gasteiger partial charge in [0.15, 0.2) is 0 Å². The molecular formula is C17H23N3O2. The average Bonchev–Trinajstić information content (AvgIpc) is 3.17. The minimum Gasteiger partial charge on any atom is -0.351 e. The zero-order chi connectivity index (χ0) is 15.7. The van der Waals surface area contributed by atoms with E-state index < -0.39 is 0 Å². The van der Waals surface area contributed by atoms with E-state index in [1.165, 1.54) is 5.69 Å². The maximum Gasteiger partial charge on any atom is 0.293 e. The normalized spacial score (nSPS) is 17.8. The van der Waals surface area contributed by atoms with E-state index in [1.54, 1.807) is 0 Å². The van der Waals surface area contributed by atoms with E-state index in [-0.39, 0.29) is 11.9 Å². The summed E-state index contributed by atoms with van der Waals surface area (Å²) in [6.07, 6.45) is 4.07. The summed E-state index contributed by atoms with van der Waals surface area (Å²) in [5.74, 6) is 0.653. The summed E-state index contributed by atoms with van der Waals surface area (Å²) < 4.78 is 7.53. The van der Waals surface area contributed by atoms with Gasteiger partial charge in [0.05, 0.1) is 11.7 Å². The van der Waals surface area contributed by atoms with Crippen LogP contribution in [0, 0.1) is 0 Å². The van der Waals surface area contributed by atoms with Gasteiger partial charge >= 0.3 is 0 Å². The molecule has 0 bridgehead atoms. The van der Waals surface area contributed by atoms with E-state index in [0.717, 1.165) is 25.1 Å². The fraction of sp³-hybridized carbons (Fsp3) is 0.529. The first-order valence-electron chi connectivity index (χ1n) is 8.08. The molecule has 0 aliphatic carbocycles. The third kappa shape index (κ3) is 2.45. The molecule has 1 amide bonds. The monoisotopic (exact) mass is 301 g/mol. The van der Waals surface area contributed by atoms with Crippen molar-refractivity contribution < 1.29 is 9.32 Å². The molecule has 2 aromatic heterocycles. The van der Waals surface area contributed by atoms with E-state index in [9.17, 15) is 4.79 Å². The molecule has 1 atom stereocenters. The van der Waals surface area contributed by atoms with Crippen LogP contribution >= 0.6 is 0 Å². The predicted molar refractivity (Wildman–Crippen MR) is 83.7 cm³/mol. The number of nitrogens with zero attached hydrogens (tertiary/aromatic N) is 3. The highest BCUT2D eigenvalue weighted by Gasteiger charge is 2.30. The molecule has 0 spiro atoms. The Balaban J connectivity index is 1.80. The Morgan fingerprint density at radius 3 is 2.91 bits per heavy atom. The molecule has 22 heavy (non-hydrogen) atoms. The number of fused-ring (bicyclic) bond motifs is 1. The van der Waals surface area contributed by atoms with Crippen LogP contribution in [-0.4, -0.2) is 27.1 Å². The largest absolute Gasteiger partial charge is 0.351 e. The maximum atomic E-state index is 12.7. The van der Waals surface area contributed by atoms with Crippen LogP contribution in [0.15, 0.2) is 28.9 Å². The Kier molecular flexibility index (Phi) is 4.05. The second kappa shape index (κ2) is 5.99. The first kappa shape index (κ1) is 14.9. The molecule has 0 aromatic carbocycles. The molecule has 0 fully saturated rings. The molecule has 118 valence electrons. The van der Waals surface area contributed by atoms with Gasteiger partial charge in [0, 0.05) is 37.0 Å². The van der Waals surface area contributed by atoms with Gasteiger partial charge in [0.25, 0.3) is 5.91 Å². The van der Waals surface area contributed by atoms with Gasteiger partial charge in [-0.25, -0.2) is 0 Å². The van der Waals surface area contributed by atoms with Crippen LogP contribution in [0.4, 0.5) is 0 Å². The highest BCUT2D eigenvalue weighted by molar-refractivity contribution is 5.91.